The van der Waals surface area contributed by atoms with Crippen molar-refractivity contribution in [2.24, 2.45) is 0 Å². The number of nitrogens with two attached hydrogens (primary N) is 1. The molecule has 0 aliphatic rings. The van der Waals surface area contributed by atoms with Crippen molar-refractivity contribution in [2.45, 2.75) is 24.7 Å². The van der Waals surface area contributed by atoms with Crippen LogP contribution in [0.1, 0.15) is 24.4 Å². The molecule has 9 heteroatoms. The van der Waals surface area contributed by atoms with E-state index in [1.807, 2.05) is 49.4 Å². The summed E-state index contributed by atoms with van der Waals surface area (Å²) in [7, 11) is 1.60. The lowest BCUT2D eigenvalue weighted by molar-refractivity contribution is -0.119. The molecule has 0 spiro atoms. The van der Waals surface area contributed by atoms with E-state index < -0.39 is 0 Å². The van der Waals surface area contributed by atoms with Crippen LogP contribution in [-0.4, -0.2) is 33.6 Å². The second-order valence-electron chi connectivity index (χ2n) is 7.38. The number of thioether (sulfide) groups is 1. The molecular weight excluding hydrogens is 438 g/mol. The van der Waals surface area contributed by atoms with Crippen LogP contribution in [0.5, 0.6) is 11.5 Å². The highest BCUT2D eigenvalue weighted by molar-refractivity contribution is 7.99. The Morgan fingerprint density at radius 3 is 2.70 bits per heavy atom. The lowest BCUT2D eigenvalue weighted by Gasteiger charge is -2.16. The molecule has 0 bridgehead atoms. The Morgan fingerprint density at radius 2 is 1.85 bits per heavy atom. The molecule has 4 rings (SSSR count). The van der Waals surface area contributed by atoms with Crippen LogP contribution in [-0.2, 0) is 11.4 Å². The summed E-state index contributed by atoms with van der Waals surface area (Å²) in [6.45, 7) is 2.12. The zero-order valence-electron chi connectivity index (χ0n) is 18.4. The first-order valence-corrected chi connectivity index (χ1v) is 11.4. The molecule has 0 aliphatic carbocycles. The first kappa shape index (κ1) is 22.5. The van der Waals surface area contributed by atoms with Crippen molar-refractivity contribution in [3.63, 3.8) is 0 Å². The molecule has 0 saturated heterocycles. The number of aromatic nitrogens is 3. The number of hydrogen-bond donors (Lipinski definition) is 2. The van der Waals surface area contributed by atoms with Gasteiger partial charge >= 0.3 is 0 Å². The van der Waals surface area contributed by atoms with Gasteiger partial charge in [-0.05, 0) is 35.4 Å². The highest BCUT2D eigenvalue weighted by Gasteiger charge is 2.16. The summed E-state index contributed by atoms with van der Waals surface area (Å²) in [5.74, 6) is 7.93. The van der Waals surface area contributed by atoms with E-state index in [0.29, 0.717) is 22.5 Å². The maximum atomic E-state index is 12.6. The lowest BCUT2D eigenvalue weighted by atomic mass is 10.00. The van der Waals surface area contributed by atoms with Gasteiger partial charge in [0.25, 0.3) is 0 Å². The summed E-state index contributed by atoms with van der Waals surface area (Å²) in [5, 5.41) is 13.9. The van der Waals surface area contributed by atoms with Crippen LogP contribution in [0, 0.1) is 0 Å². The first-order valence-electron chi connectivity index (χ1n) is 10.4. The van der Waals surface area contributed by atoms with Crippen LogP contribution in [0.25, 0.3) is 10.8 Å². The summed E-state index contributed by atoms with van der Waals surface area (Å²) >= 11 is 1.22. The summed E-state index contributed by atoms with van der Waals surface area (Å²) < 4.78 is 12.2. The number of amides is 1. The predicted octanol–water partition coefficient (Wildman–Crippen LogP) is 3.70. The maximum absolute atomic E-state index is 12.6. The second kappa shape index (κ2) is 10.3. The molecule has 0 saturated carbocycles. The number of nitrogen functional groups attached to an aromatic ring is 1. The number of fused-ring (bicyclic) bond motifs is 1. The van der Waals surface area contributed by atoms with E-state index in [1.54, 1.807) is 13.2 Å². The minimum Gasteiger partial charge on any atom is -0.497 e. The topological polar surface area (TPSA) is 104 Å². The number of nitrogens with one attached hydrogen (secondary N) is 1. The molecule has 3 N–H and O–H groups in total. The Balaban J connectivity index is 1.32. The van der Waals surface area contributed by atoms with Crippen molar-refractivity contribution in [3.05, 3.63) is 78.1 Å². The SMILES string of the molecule is COc1cccc(OCc2nnc(SCC(=O)NC(C)c3cccc4ccccc34)n2N)c1. The van der Waals surface area contributed by atoms with Gasteiger partial charge in [0, 0.05) is 6.07 Å². The van der Waals surface area contributed by atoms with Gasteiger partial charge in [-0.25, -0.2) is 4.68 Å². The number of carbonyl (C=O) groups excluding carboxylic acids is 1. The molecule has 0 aliphatic heterocycles. The van der Waals surface area contributed by atoms with Gasteiger partial charge < -0.3 is 20.6 Å². The van der Waals surface area contributed by atoms with Crippen LogP contribution >= 0.6 is 11.8 Å². The fourth-order valence-corrected chi connectivity index (χ4v) is 4.15. The average Bonchev–Trinajstić information content (AvgIpc) is 3.20. The third-order valence-corrected chi connectivity index (χ3v) is 6.09. The summed E-state index contributed by atoms with van der Waals surface area (Å²) in [6.07, 6.45) is 0. The molecular formula is C24H25N5O3S. The number of benzene rings is 3. The van der Waals surface area contributed by atoms with Gasteiger partial charge in [0.15, 0.2) is 5.82 Å². The third kappa shape index (κ3) is 5.38. The Kier molecular flexibility index (Phi) is 6.99. The summed E-state index contributed by atoms with van der Waals surface area (Å²) in [5.41, 5.74) is 1.07. The molecule has 33 heavy (non-hydrogen) atoms. The normalized spacial score (nSPS) is 11.8. The quantitative estimate of drug-likeness (QED) is 0.288. The molecule has 4 aromatic rings. The van der Waals surface area contributed by atoms with Gasteiger partial charge in [0.2, 0.25) is 11.1 Å². The molecule has 3 aromatic carbocycles. The first-order chi connectivity index (χ1) is 16.0. The predicted molar refractivity (Wildman–Crippen MR) is 129 cm³/mol. The van der Waals surface area contributed by atoms with Crippen LogP contribution < -0.4 is 20.6 Å². The van der Waals surface area contributed by atoms with E-state index in [0.717, 1.165) is 16.3 Å². The average molecular weight is 464 g/mol. The van der Waals surface area contributed by atoms with Gasteiger partial charge in [0.1, 0.15) is 18.1 Å². The van der Waals surface area contributed by atoms with E-state index in [1.165, 1.54) is 16.4 Å². The number of nitrogens with zero attached hydrogens (tertiary/aromatic N) is 3. The second-order valence-corrected chi connectivity index (χ2v) is 8.33. The van der Waals surface area contributed by atoms with E-state index >= 15 is 0 Å². The summed E-state index contributed by atoms with van der Waals surface area (Å²) in [4.78, 5) is 12.6. The van der Waals surface area contributed by atoms with E-state index in [-0.39, 0.29) is 24.3 Å². The van der Waals surface area contributed by atoms with Gasteiger partial charge in [-0.1, -0.05) is 60.3 Å². The minimum absolute atomic E-state index is 0.113. The van der Waals surface area contributed by atoms with Crippen molar-refractivity contribution < 1.29 is 14.3 Å². The Hall–Kier alpha value is -3.72. The smallest absolute Gasteiger partial charge is 0.230 e. The van der Waals surface area contributed by atoms with Crippen molar-refractivity contribution in [2.75, 3.05) is 18.7 Å². The Bertz CT molecular complexity index is 1250. The monoisotopic (exact) mass is 463 g/mol. The van der Waals surface area contributed by atoms with E-state index in [9.17, 15) is 4.79 Å². The Morgan fingerprint density at radius 1 is 1.09 bits per heavy atom. The molecule has 1 aromatic heterocycles. The van der Waals surface area contributed by atoms with Gasteiger partial charge in [-0.2, -0.15) is 0 Å². The van der Waals surface area contributed by atoms with E-state index in [4.69, 9.17) is 15.3 Å². The van der Waals surface area contributed by atoms with Gasteiger partial charge in [-0.3, -0.25) is 4.79 Å². The molecule has 1 amide bonds. The zero-order valence-corrected chi connectivity index (χ0v) is 19.2. The van der Waals surface area contributed by atoms with Crippen LogP contribution in [0.4, 0.5) is 0 Å². The largest absolute Gasteiger partial charge is 0.497 e. The molecule has 1 unspecified atom stereocenters. The standard InChI is InChI=1S/C24H25N5O3S/c1-16(20-12-5-8-17-7-3-4-11-21(17)20)26-23(30)15-33-24-28-27-22(29(24)25)14-32-19-10-6-9-18(13-19)31-2/h3-13,16H,14-15,25H2,1-2H3,(H,26,30). The van der Waals surface area contributed by atoms with Gasteiger partial charge in [0.05, 0.1) is 18.9 Å². The molecule has 1 heterocycles. The molecule has 8 nitrogen and oxygen atoms in total. The van der Waals surface area contributed by atoms with Crippen LogP contribution in [0.2, 0.25) is 0 Å². The van der Waals surface area contributed by atoms with Crippen molar-refractivity contribution in [1.82, 2.24) is 20.2 Å². The Labute approximate surface area is 196 Å². The van der Waals surface area contributed by atoms with Gasteiger partial charge in [-0.15, -0.1) is 10.2 Å². The fourth-order valence-electron chi connectivity index (χ4n) is 3.46. The molecule has 1 atom stereocenters. The lowest BCUT2D eigenvalue weighted by Crippen LogP contribution is -2.28. The number of hydrogen-bond acceptors (Lipinski definition) is 7. The zero-order chi connectivity index (χ0) is 23.2. The molecule has 170 valence electrons. The van der Waals surface area contributed by atoms with E-state index in [2.05, 4.69) is 33.7 Å². The highest BCUT2D eigenvalue weighted by Crippen LogP contribution is 2.25. The summed E-state index contributed by atoms with van der Waals surface area (Å²) in [6, 6.07) is 21.3. The molecule has 0 fully saturated rings. The van der Waals surface area contributed by atoms with Crippen LogP contribution in [0.15, 0.2) is 71.9 Å². The number of methoxy groups -OCH3 is 1. The molecule has 0 radical (unpaired) electrons. The maximum Gasteiger partial charge on any atom is 0.230 e. The van der Waals surface area contributed by atoms with Crippen molar-refractivity contribution in [3.8, 4) is 11.5 Å². The third-order valence-electron chi connectivity index (χ3n) is 5.14. The van der Waals surface area contributed by atoms with Crippen molar-refractivity contribution in [1.29, 1.82) is 0 Å². The number of ether oxygens (including phenoxy) is 2. The minimum atomic E-state index is -0.133. The van der Waals surface area contributed by atoms with Crippen LogP contribution in [0.3, 0.4) is 0 Å². The highest BCUT2D eigenvalue weighted by atomic mass is 32.2. The number of rotatable bonds is 9. The number of carbonyl (C=O) groups is 1. The fraction of sp³-hybridized carbons (Fsp3) is 0.208. The van der Waals surface area contributed by atoms with Crippen molar-refractivity contribution >= 4 is 28.4 Å².